The van der Waals surface area contributed by atoms with Crippen LogP contribution in [0.2, 0.25) is 0 Å². The van der Waals surface area contributed by atoms with Crippen LogP contribution in [-0.4, -0.2) is 18.6 Å². The topological polar surface area (TPSA) is 38.0 Å². The minimum atomic E-state index is -0.0661. The molecular formula is C16H28N2. The van der Waals surface area contributed by atoms with Crippen LogP contribution in [0.25, 0.3) is 0 Å². The molecule has 0 saturated carbocycles. The van der Waals surface area contributed by atoms with Crippen molar-refractivity contribution in [1.29, 1.82) is 0 Å². The Morgan fingerprint density at radius 3 is 2.33 bits per heavy atom. The maximum Gasteiger partial charge on any atom is 0.0109 e. The summed E-state index contributed by atoms with van der Waals surface area (Å²) in [6.45, 7) is 12.8. The molecule has 2 heteroatoms. The van der Waals surface area contributed by atoms with Gasteiger partial charge in [-0.05, 0) is 82.8 Å². The summed E-state index contributed by atoms with van der Waals surface area (Å²) >= 11 is 0. The number of hydrogen-bond donors (Lipinski definition) is 2. The van der Waals surface area contributed by atoms with E-state index in [-0.39, 0.29) is 5.54 Å². The lowest BCUT2D eigenvalue weighted by Gasteiger charge is -2.18. The third kappa shape index (κ3) is 4.79. The summed E-state index contributed by atoms with van der Waals surface area (Å²) < 4.78 is 0. The van der Waals surface area contributed by atoms with Gasteiger partial charge in [0.05, 0.1) is 0 Å². The SMILES string of the molecule is Cc1ccc(CCNCCC(C)(C)N)c(C)c1C. The molecule has 0 unspecified atom stereocenters. The van der Waals surface area contributed by atoms with Gasteiger partial charge in [0.1, 0.15) is 0 Å². The van der Waals surface area contributed by atoms with Crippen LogP contribution < -0.4 is 11.1 Å². The standard InChI is InChI=1S/C16H28N2/c1-12-6-7-15(14(3)13(12)2)8-10-18-11-9-16(4,5)17/h6-7,18H,8-11,17H2,1-5H3. The first-order valence-corrected chi connectivity index (χ1v) is 6.86. The Morgan fingerprint density at radius 2 is 1.72 bits per heavy atom. The van der Waals surface area contributed by atoms with E-state index >= 15 is 0 Å². The Kier molecular flexibility index (Phi) is 5.36. The molecule has 0 aliphatic rings. The van der Waals surface area contributed by atoms with Crippen molar-refractivity contribution in [3.63, 3.8) is 0 Å². The van der Waals surface area contributed by atoms with E-state index in [9.17, 15) is 0 Å². The summed E-state index contributed by atoms with van der Waals surface area (Å²) in [6, 6.07) is 4.48. The Balaban J connectivity index is 2.39. The van der Waals surface area contributed by atoms with Crippen LogP contribution in [0.15, 0.2) is 12.1 Å². The highest BCUT2D eigenvalue weighted by atomic mass is 14.9. The van der Waals surface area contributed by atoms with Crippen LogP contribution in [0.1, 0.15) is 42.5 Å². The predicted molar refractivity (Wildman–Crippen MR) is 80.1 cm³/mol. The van der Waals surface area contributed by atoms with Crippen LogP contribution >= 0.6 is 0 Å². The summed E-state index contributed by atoms with van der Waals surface area (Å²) in [7, 11) is 0. The Bertz CT molecular complexity index is 389. The van der Waals surface area contributed by atoms with E-state index in [1.165, 1.54) is 22.3 Å². The van der Waals surface area contributed by atoms with Gasteiger partial charge in [-0.2, -0.15) is 0 Å². The molecule has 0 aliphatic heterocycles. The fourth-order valence-corrected chi connectivity index (χ4v) is 2.04. The van der Waals surface area contributed by atoms with Gasteiger partial charge in [0.15, 0.2) is 0 Å². The highest BCUT2D eigenvalue weighted by Crippen LogP contribution is 2.17. The van der Waals surface area contributed by atoms with Gasteiger partial charge in [0.25, 0.3) is 0 Å². The van der Waals surface area contributed by atoms with Gasteiger partial charge in [0, 0.05) is 5.54 Å². The molecule has 3 N–H and O–H groups in total. The number of aryl methyl sites for hydroxylation is 1. The second-order valence-corrected chi connectivity index (χ2v) is 6.03. The van der Waals surface area contributed by atoms with Crippen molar-refractivity contribution in [2.45, 2.75) is 53.0 Å². The molecule has 0 atom stereocenters. The van der Waals surface area contributed by atoms with Crippen LogP contribution in [-0.2, 0) is 6.42 Å². The summed E-state index contributed by atoms with van der Waals surface area (Å²) in [4.78, 5) is 0. The second kappa shape index (κ2) is 6.35. The quantitative estimate of drug-likeness (QED) is 0.760. The van der Waals surface area contributed by atoms with E-state index in [1.807, 2.05) is 0 Å². The Labute approximate surface area is 112 Å². The van der Waals surface area contributed by atoms with Crippen molar-refractivity contribution in [2.24, 2.45) is 5.73 Å². The molecule has 0 saturated heterocycles. The van der Waals surface area contributed by atoms with Gasteiger partial charge >= 0.3 is 0 Å². The molecule has 1 rings (SSSR count). The van der Waals surface area contributed by atoms with Gasteiger partial charge in [-0.1, -0.05) is 12.1 Å². The van der Waals surface area contributed by atoms with Crippen molar-refractivity contribution in [3.05, 3.63) is 34.4 Å². The smallest absolute Gasteiger partial charge is 0.0109 e. The first-order valence-electron chi connectivity index (χ1n) is 6.86. The lowest BCUT2D eigenvalue weighted by molar-refractivity contribution is 0.456. The van der Waals surface area contributed by atoms with Crippen molar-refractivity contribution in [2.75, 3.05) is 13.1 Å². The van der Waals surface area contributed by atoms with Gasteiger partial charge in [-0.3, -0.25) is 0 Å². The monoisotopic (exact) mass is 248 g/mol. The Hall–Kier alpha value is -0.860. The van der Waals surface area contributed by atoms with Crippen LogP contribution in [0.5, 0.6) is 0 Å². The average molecular weight is 248 g/mol. The van der Waals surface area contributed by atoms with Gasteiger partial charge in [-0.15, -0.1) is 0 Å². The van der Waals surface area contributed by atoms with Crippen molar-refractivity contribution in [3.8, 4) is 0 Å². The predicted octanol–water partition coefficient (Wildman–Crippen LogP) is 2.87. The van der Waals surface area contributed by atoms with E-state index in [4.69, 9.17) is 5.73 Å². The summed E-state index contributed by atoms with van der Waals surface area (Å²) in [5, 5.41) is 3.47. The maximum atomic E-state index is 5.95. The highest BCUT2D eigenvalue weighted by molar-refractivity contribution is 5.38. The van der Waals surface area contributed by atoms with Crippen molar-refractivity contribution < 1.29 is 0 Å². The minimum Gasteiger partial charge on any atom is -0.326 e. The molecule has 0 radical (unpaired) electrons. The number of nitrogens with two attached hydrogens (primary N) is 1. The maximum absolute atomic E-state index is 5.95. The first kappa shape index (κ1) is 15.2. The molecule has 0 aliphatic carbocycles. The second-order valence-electron chi connectivity index (χ2n) is 6.03. The molecule has 0 amide bonds. The molecule has 0 aromatic heterocycles. The molecule has 102 valence electrons. The molecule has 1 aromatic carbocycles. The Morgan fingerprint density at radius 1 is 1.06 bits per heavy atom. The molecular weight excluding hydrogens is 220 g/mol. The molecule has 0 spiro atoms. The van der Waals surface area contributed by atoms with Crippen molar-refractivity contribution in [1.82, 2.24) is 5.32 Å². The summed E-state index contributed by atoms with van der Waals surface area (Å²) in [5.74, 6) is 0. The zero-order valence-corrected chi connectivity index (χ0v) is 12.6. The number of nitrogens with one attached hydrogen (secondary N) is 1. The molecule has 1 aromatic rings. The zero-order chi connectivity index (χ0) is 13.8. The summed E-state index contributed by atoms with van der Waals surface area (Å²) in [6.07, 6.45) is 2.11. The average Bonchev–Trinajstić information content (AvgIpc) is 2.27. The first-order chi connectivity index (χ1) is 8.31. The van der Waals surface area contributed by atoms with Crippen LogP contribution in [0.3, 0.4) is 0 Å². The third-order valence-electron chi connectivity index (χ3n) is 3.69. The molecule has 0 heterocycles. The van der Waals surface area contributed by atoms with E-state index in [1.54, 1.807) is 0 Å². The normalized spacial score (nSPS) is 11.9. The molecule has 18 heavy (non-hydrogen) atoms. The molecule has 0 bridgehead atoms. The van der Waals surface area contributed by atoms with Crippen LogP contribution in [0, 0.1) is 20.8 Å². The van der Waals surface area contributed by atoms with Gasteiger partial charge in [0.2, 0.25) is 0 Å². The fraction of sp³-hybridized carbons (Fsp3) is 0.625. The largest absolute Gasteiger partial charge is 0.326 e. The van der Waals surface area contributed by atoms with Crippen LogP contribution in [0.4, 0.5) is 0 Å². The number of hydrogen-bond acceptors (Lipinski definition) is 2. The molecule has 0 fully saturated rings. The minimum absolute atomic E-state index is 0.0661. The van der Waals surface area contributed by atoms with E-state index in [2.05, 4.69) is 52.1 Å². The molecule has 2 nitrogen and oxygen atoms in total. The number of rotatable bonds is 6. The zero-order valence-electron chi connectivity index (χ0n) is 12.6. The van der Waals surface area contributed by atoms with Gasteiger partial charge in [-0.25, -0.2) is 0 Å². The lowest BCUT2D eigenvalue weighted by Crippen LogP contribution is -2.36. The lowest BCUT2D eigenvalue weighted by atomic mass is 9.97. The van der Waals surface area contributed by atoms with E-state index in [0.29, 0.717) is 0 Å². The fourth-order valence-electron chi connectivity index (χ4n) is 2.04. The highest BCUT2D eigenvalue weighted by Gasteiger charge is 2.09. The third-order valence-corrected chi connectivity index (χ3v) is 3.69. The van der Waals surface area contributed by atoms with Crippen molar-refractivity contribution >= 4 is 0 Å². The number of benzene rings is 1. The summed E-state index contributed by atoms with van der Waals surface area (Å²) in [5.41, 5.74) is 11.6. The van der Waals surface area contributed by atoms with E-state index in [0.717, 1.165) is 25.9 Å². The van der Waals surface area contributed by atoms with Gasteiger partial charge < -0.3 is 11.1 Å². The van der Waals surface area contributed by atoms with E-state index < -0.39 is 0 Å².